The molecule has 0 aromatic carbocycles. The fourth-order valence-electron chi connectivity index (χ4n) is 0.727. The Bertz CT molecular complexity index is 50.0. The van der Waals surface area contributed by atoms with Gasteiger partial charge in [-0.3, -0.25) is 0 Å². The number of hydrogen-bond acceptors (Lipinski definition) is 2. The molecule has 0 bridgehead atoms. The molecule has 1 aliphatic heterocycles. The fourth-order valence-corrected chi connectivity index (χ4v) is 2.00. The van der Waals surface area contributed by atoms with E-state index < -0.39 is 0 Å². The predicted molar refractivity (Wildman–Crippen MR) is 32.5 cm³/mol. The number of aliphatic hydroxyl groups excluding tert-OH is 1. The standard InChI is InChI=1S/C5H10OS/c6-3-5-1-2-7-4-5/h5-6H,1-4H2/t5-/m1/s1. The van der Waals surface area contributed by atoms with Crippen molar-refractivity contribution in [3.8, 4) is 0 Å². The van der Waals surface area contributed by atoms with E-state index >= 15 is 0 Å². The van der Waals surface area contributed by atoms with Gasteiger partial charge in [0.2, 0.25) is 0 Å². The van der Waals surface area contributed by atoms with Gasteiger partial charge in [-0.15, -0.1) is 0 Å². The summed E-state index contributed by atoms with van der Waals surface area (Å²) in [6.07, 6.45) is 1.22. The van der Waals surface area contributed by atoms with Crippen molar-refractivity contribution >= 4 is 11.8 Å². The Labute approximate surface area is 48.1 Å². The molecular weight excluding hydrogens is 108 g/mol. The van der Waals surface area contributed by atoms with Crippen LogP contribution in [-0.4, -0.2) is 23.2 Å². The van der Waals surface area contributed by atoms with Crippen molar-refractivity contribution in [1.29, 1.82) is 0 Å². The van der Waals surface area contributed by atoms with E-state index in [0.717, 1.165) is 0 Å². The Morgan fingerprint density at radius 3 is 2.86 bits per heavy atom. The molecule has 1 N–H and O–H groups in total. The Hall–Kier alpha value is 0.310. The molecule has 1 rings (SSSR count). The van der Waals surface area contributed by atoms with Gasteiger partial charge < -0.3 is 5.11 Å². The van der Waals surface area contributed by atoms with Crippen molar-refractivity contribution < 1.29 is 5.11 Å². The molecule has 0 aliphatic carbocycles. The molecule has 1 aliphatic rings. The van der Waals surface area contributed by atoms with Crippen molar-refractivity contribution in [3.63, 3.8) is 0 Å². The number of thioether (sulfide) groups is 1. The first kappa shape index (κ1) is 5.45. The maximum absolute atomic E-state index is 8.55. The summed E-state index contributed by atoms with van der Waals surface area (Å²) in [6.45, 7) is 0.396. The van der Waals surface area contributed by atoms with Gasteiger partial charge in [0, 0.05) is 6.61 Å². The normalized spacial score (nSPS) is 31.3. The summed E-state index contributed by atoms with van der Waals surface area (Å²) in [6, 6.07) is 0. The third kappa shape index (κ3) is 1.35. The molecule has 42 valence electrons. The summed E-state index contributed by atoms with van der Waals surface area (Å²) in [7, 11) is 0. The lowest BCUT2D eigenvalue weighted by Gasteiger charge is -1.97. The molecule has 0 unspecified atom stereocenters. The van der Waals surface area contributed by atoms with Crippen molar-refractivity contribution in [2.75, 3.05) is 18.1 Å². The molecule has 1 atom stereocenters. The third-order valence-corrected chi connectivity index (χ3v) is 2.51. The van der Waals surface area contributed by atoms with Gasteiger partial charge in [-0.25, -0.2) is 0 Å². The van der Waals surface area contributed by atoms with Crippen LogP contribution in [0.5, 0.6) is 0 Å². The van der Waals surface area contributed by atoms with Crippen LogP contribution in [0.25, 0.3) is 0 Å². The topological polar surface area (TPSA) is 20.2 Å². The van der Waals surface area contributed by atoms with Gasteiger partial charge in [0.05, 0.1) is 0 Å². The van der Waals surface area contributed by atoms with Crippen molar-refractivity contribution in [3.05, 3.63) is 0 Å². The van der Waals surface area contributed by atoms with Crippen molar-refractivity contribution in [2.45, 2.75) is 6.42 Å². The number of rotatable bonds is 1. The molecule has 1 fully saturated rings. The third-order valence-electron chi connectivity index (χ3n) is 1.28. The van der Waals surface area contributed by atoms with E-state index in [9.17, 15) is 0 Å². The van der Waals surface area contributed by atoms with Crippen LogP contribution in [-0.2, 0) is 0 Å². The Morgan fingerprint density at radius 2 is 2.57 bits per heavy atom. The summed E-state index contributed by atoms with van der Waals surface area (Å²) in [5.41, 5.74) is 0. The molecule has 7 heavy (non-hydrogen) atoms. The van der Waals surface area contributed by atoms with Gasteiger partial charge in [0.15, 0.2) is 0 Å². The molecule has 0 aromatic heterocycles. The molecule has 0 aromatic rings. The lowest BCUT2D eigenvalue weighted by atomic mass is 10.1. The van der Waals surface area contributed by atoms with Gasteiger partial charge in [0.25, 0.3) is 0 Å². The van der Waals surface area contributed by atoms with Crippen LogP contribution in [0, 0.1) is 5.92 Å². The second-order valence-electron chi connectivity index (χ2n) is 1.91. The number of aliphatic hydroxyl groups is 1. The van der Waals surface area contributed by atoms with E-state index in [-0.39, 0.29) is 0 Å². The molecule has 0 saturated carbocycles. The highest BCUT2D eigenvalue weighted by Gasteiger charge is 2.12. The first-order valence-electron chi connectivity index (χ1n) is 2.62. The Morgan fingerprint density at radius 1 is 1.71 bits per heavy atom. The smallest absolute Gasteiger partial charge is 0.0467 e. The maximum atomic E-state index is 8.55. The number of hydrogen-bond donors (Lipinski definition) is 1. The largest absolute Gasteiger partial charge is 0.396 e. The molecule has 1 nitrogen and oxygen atoms in total. The summed E-state index contributed by atoms with van der Waals surface area (Å²) < 4.78 is 0. The Kier molecular flexibility index (Phi) is 2.00. The lowest BCUT2D eigenvalue weighted by Crippen LogP contribution is -2.02. The predicted octanol–water partition coefficient (Wildman–Crippen LogP) is 0.732. The van der Waals surface area contributed by atoms with Gasteiger partial charge >= 0.3 is 0 Å². The highest BCUT2D eigenvalue weighted by molar-refractivity contribution is 7.99. The zero-order valence-corrected chi connectivity index (χ0v) is 5.08. The SMILES string of the molecule is OC[C@H]1CCSC1. The minimum atomic E-state index is 0.396. The van der Waals surface area contributed by atoms with E-state index in [4.69, 9.17) is 5.11 Å². The monoisotopic (exact) mass is 118 g/mol. The van der Waals surface area contributed by atoms with Gasteiger partial charge in [-0.2, -0.15) is 11.8 Å². The zero-order valence-electron chi connectivity index (χ0n) is 4.26. The summed E-state index contributed by atoms with van der Waals surface area (Å²) >= 11 is 1.95. The van der Waals surface area contributed by atoms with Crippen LogP contribution >= 0.6 is 11.8 Å². The van der Waals surface area contributed by atoms with E-state index in [0.29, 0.717) is 12.5 Å². The van der Waals surface area contributed by atoms with E-state index in [1.807, 2.05) is 11.8 Å². The second kappa shape index (κ2) is 2.58. The molecule has 0 amide bonds. The highest BCUT2D eigenvalue weighted by atomic mass is 32.2. The first-order chi connectivity index (χ1) is 3.43. The maximum Gasteiger partial charge on any atom is 0.0467 e. The Balaban J connectivity index is 2.14. The van der Waals surface area contributed by atoms with Crippen molar-refractivity contribution in [2.24, 2.45) is 5.92 Å². The lowest BCUT2D eigenvalue weighted by molar-refractivity contribution is 0.241. The second-order valence-corrected chi connectivity index (χ2v) is 3.06. The molecule has 0 radical (unpaired) electrons. The van der Waals surface area contributed by atoms with Gasteiger partial charge in [-0.1, -0.05) is 0 Å². The van der Waals surface area contributed by atoms with E-state index in [2.05, 4.69) is 0 Å². The van der Waals surface area contributed by atoms with Crippen LogP contribution in [0.4, 0.5) is 0 Å². The summed E-state index contributed by atoms with van der Waals surface area (Å²) in [4.78, 5) is 0. The highest BCUT2D eigenvalue weighted by Crippen LogP contribution is 2.22. The minimum Gasteiger partial charge on any atom is -0.396 e. The molecule has 1 heterocycles. The molecule has 2 heteroatoms. The first-order valence-corrected chi connectivity index (χ1v) is 3.77. The van der Waals surface area contributed by atoms with Gasteiger partial charge in [0.1, 0.15) is 0 Å². The van der Waals surface area contributed by atoms with Crippen LogP contribution in [0.1, 0.15) is 6.42 Å². The molecule has 0 spiro atoms. The van der Waals surface area contributed by atoms with Gasteiger partial charge in [-0.05, 0) is 23.8 Å². The van der Waals surface area contributed by atoms with Crippen LogP contribution in [0.3, 0.4) is 0 Å². The van der Waals surface area contributed by atoms with Crippen LogP contribution < -0.4 is 0 Å². The van der Waals surface area contributed by atoms with Crippen LogP contribution in [0.15, 0.2) is 0 Å². The average molecular weight is 118 g/mol. The summed E-state index contributed by atoms with van der Waals surface area (Å²) in [5.74, 6) is 3.05. The van der Waals surface area contributed by atoms with Crippen LogP contribution in [0.2, 0.25) is 0 Å². The quantitative estimate of drug-likeness (QED) is 0.548. The van der Waals surface area contributed by atoms with E-state index in [1.165, 1.54) is 17.9 Å². The zero-order chi connectivity index (χ0) is 5.11. The van der Waals surface area contributed by atoms with E-state index in [1.54, 1.807) is 0 Å². The molecule has 1 saturated heterocycles. The molecular formula is C5H10OS. The minimum absolute atomic E-state index is 0.396. The average Bonchev–Trinajstić information content (AvgIpc) is 2.14. The fraction of sp³-hybridized carbons (Fsp3) is 1.00. The summed E-state index contributed by atoms with van der Waals surface area (Å²) in [5, 5.41) is 8.55. The van der Waals surface area contributed by atoms with Crippen molar-refractivity contribution in [1.82, 2.24) is 0 Å².